The second kappa shape index (κ2) is 15.4. The second-order valence-electron chi connectivity index (χ2n) is 9.99. The molecule has 44 heavy (non-hydrogen) atoms. The number of phenols is 2. The number of imidazole rings is 1. The van der Waals surface area contributed by atoms with Crippen molar-refractivity contribution in [3.8, 4) is 11.5 Å². The van der Waals surface area contributed by atoms with E-state index in [0.29, 0.717) is 5.71 Å². The Morgan fingerprint density at radius 3 is 1.84 bits per heavy atom. The van der Waals surface area contributed by atoms with E-state index < -0.39 is 0 Å². The van der Waals surface area contributed by atoms with Gasteiger partial charge in [0.15, 0.2) is 0 Å². The first kappa shape index (κ1) is 31.8. The van der Waals surface area contributed by atoms with Gasteiger partial charge in [0, 0.05) is 23.4 Å². The van der Waals surface area contributed by atoms with Crippen LogP contribution in [0.25, 0.3) is 0 Å². The van der Waals surface area contributed by atoms with Crippen molar-refractivity contribution >= 4 is 29.0 Å². The van der Waals surface area contributed by atoms with Crippen LogP contribution in [0.15, 0.2) is 136 Å². The molecule has 0 unspecified atom stereocenters. The first-order chi connectivity index (χ1) is 21.0. The molecule has 9 nitrogen and oxygen atoms in total. The van der Waals surface area contributed by atoms with Gasteiger partial charge in [-0.15, -0.1) is 5.10 Å². The van der Waals surface area contributed by atoms with Crippen LogP contribution in [0, 0.1) is 0 Å². The highest BCUT2D eigenvalue weighted by Crippen LogP contribution is 2.23. The van der Waals surface area contributed by atoms with Gasteiger partial charge in [-0.3, -0.25) is 0 Å². The molecule has 0 saturated carbocycles. The zero-order chi connectivity index (χ0) is 30.0. The van der Waals surface area contributed by atoms with Gasteiger partial charge in [-0.2, -0.15) is 15.3 Å². The first-order valence-corrected chi connectivity index (χ1v) is 14.0. The van der Waals surface area contributed by atoms with Crippen molar-refractivity contribution in [2.24, 2.45) is 27.5 Å². The largest absolute Gasteiger partial charge is 1.00 e. The van der Waals surface area contributed by atoms with Gasteiger partial charge >= 0.3 is 0 Å². The number of azo groups is 1. The Morgan fingerprint density at radius 2 is 1.34 bits per heavy atom. The average molecular weight is 653 g/mol. The summed E-state index contributed by atoms with van der Waals surface area (Å²) in [5.41, 5.74) is 5.72. The fourth-order valence-electron chi connectivity index (χ4n) is 4.49. The third-order valence-corrected chi connectivity index (χ3v) is 6.87. The molecular weight excluding hydrogens is 618 g/mol. The van der Waals surface area contributed by atoms with Gasteiger partial charge in [0.1, 0.15) is 36.1 Å². The molecule has 0 atom stereocenters. The lowest BCUT2D eigenvalue weighted by atomic mass is 10.0. The smallest absolute Gasteiger partial charge is 0.243 e. The Hall–Kier alpha value is -5.09. The summed E-state index contributed by atoms with van der Waals surface area (Å²) in [5.74, 6) is 0.340. The summed E-state index contributed by atoms with van der Waals surface area (Å²) in [6.45, 7) is 4.92. The molecule has 1 aromatic heterocycles. The van der Waals surface area contributed by atoms with Crippen LogP contribution in [0.3, 0.4) is 0 Å². The third kappa shape index (κ3) is 8.71. The van der Waals surface area contributed by atoms with E-state index in [9.17, 15) is 10.2 Å². The van der Waals surface area contributed by atoms with Crippen LogP contribution in [0.1, 0.15) is 23.6 Å². The van der Waals surface area contributed by atoms with Crippen LogP contribution in [0.5, 0.6) is 11.5 Å². The highest BCUT2D eigenvalue weighted by Gasteiger charge is 2.09. The SMILES string of the molecule is CCN(CC[n+]1ccn(C)c1)c1ccc(N=Nc2ccc(/C=N/N=C(c3ccc(O)cc3)c3ccc(O)cc3)cc2)cc1.[Br-]. The van der Waals surface area contributed by atoms with Gasteiger partial charge in [0.2, 0.25) is 6.33 Å². The molecule has 0 aliphatic rings. The van der Waals surface area contributed by atoms with E-state index >= 15 is 0 Å². The maximum absolute atomic E-state index is 9.67. The van der Waals surface area contributed by atoms with E-state index in [1.54, 1.807) is 54.7 Å². The Bertz CT molecular complexity index is 1660. The Kier molecular flexibility index (Phi) is 11.1. The Balaban J connectivity index is 0.00000442. The minimum atomic E-state index is 0. The minimum Gasteiger partial charge on any atom is -1.00 e. The number of phenolic OH excluding ortho intramolecular Hbond substituents is 2. The molecule has 5 rings (SSSR count). The van der Waals surface area contributed by atoms with Crippen molar-refractivity contribution in [1.82, 2.24) is 4.57 Å². The van der Waals surface area contributed by atoms with E-state index in [2.05, 4.69) is 61.5 Å². The molecule has 1 heterocycles. The molecule has 4 aromatic carbocycles. The van der Waals surface area contributed by atoms with Crippen LogP contribution < -0.4 is 26.4 Å². The fourth-order valence-corrected chi connectivity index (χ4v) is 4.49. The van der Waals surface area contributed by atoms with Crippen LogP contribution in [-0.4, -0.2) is 39.8 Å². The predicted molar refractivity (Wildman–Crippen MR) is 170 cm³/mol. The second-order valence-corrected chi connectivity index (χ2v) is 9.99. The molecule has 0 aliphatic carbocycles. The Labute approximate surface area is 267 Å². The molecule has 0 saturated heterocycles. The highest BCUT2D eigenvalue weighted by molar-refractivity contribution is 6.13. The molecule has 224 valence electrons. The van der Waals surface area contributed by atoms with E-state index in [1.165, 1.54) is 0 Å². The van der Waals surface area contributed by atoms with Crippen molar-refractivity contribution in [2.45, 2.75) is 13.5 Å². The monoisotopic (exact) mass is 651 g/mol. The summed E-state index contributed by atoms with van der Waals surface area (Å²) < 4.78 is 4.23. The number of aromatic hydroxyl groups is 2. The molecule has 2 N–H and O–H groups in total. The van der Waals surface area contributed by atoms with Crippen LogP contribution in [0.4, 0.5) is 17.1 Å². The minimum absolute atomic E-state index is 0. The number of halogens is 1. The average Bonchev–Trinajstić information content (AvgIpc) is 3.45. The van der Waals surface area contributed by atoms with Gasteiger partial charge in [-0.1, -0.05) is 12.1 Å². The van der Waals surface area contributed by atoms with Crippen LogP contribution >= 0.6 is 0 Å². The summed E-state index contributed by atoms with van der Waals surface area (Å²) in [4.78, 5) is 2.34. The zero-order valence-electron chi connectivity index (χ0n) is 24.6. The lowest BCUT2D eigenvalue weighted by Crippen LogP contribution is -3.00. The van der Waals surface area contributed by atoms with Crippen molar-refractivity contribution < 1.29 is 31.8 Å². The van der Waals surface area contributed by atoms with Crippen molar-refractivity contribution in [1.29, 1.82) is 0 Å². The van der Waals surface area contributed by atoms with Gasteiger partial charge < -0.3 is 32.1 Å². The lowest BCUT2D eigenvalue weighted by molar-refractivity contribution is -0.693. The number of rotatable bonds is 11. The molecule has 0 bridgehead atoms. The fraction of sp³-hybridized carbons (Fsp3) is 0.147. The van der Waals surface area contributed by atoms with Crippen LogP contribution in [0.2, 0.25) is 0 Å². The van der Waals surface area contributed by atoms with E-state index in [4.69, 9.17) is 0 Å². The summed E-state index contributed by atoms with van der Waals surface area (Å²) in [5, 5.41) is 36.9. The quantitative estimate of drug-likeness (QED) is 0.0989. The van der Waals surface area contributed by atoms with Gasteiger partial charge in [-0.05, 0) is 97.4 Å². The molecule has 0 aliphatic heterocycles. The maximum atomic E-state index is 9.67. The van der Waals surface area contributed by atoms with Crippen LogP contribution in [-0.2, 0) is 13.6 Å². The predicted octanol–water partition coefficient (Wildman–Crippen LogP) is 3.54. The summed E-state index contributed by atoms with van der Waals surface area (Å²) in [6, 6.07) is 29.2. The maximum Gasteiger partial charge on any atom is 0.243 e. The molecule has 0 fully saturated rings. The number of aryl methyl sites for hydroxylation is 1. The van der Waals surface area contributed by atoms with E-state index in [-0.39, 0.29) is 28.5 Å². The summed E-state index contributed by atoms with van der Waals surface area (Å²) >= 11 is 0. The number of hydrogen-bond acceptors (Lipinski definition) is 7. The lowest BCUT2D eigenvalue weighted by Gasteiger charge is -2.22. The van der Waals surface area contributed by atoms with Gasteiger partial charge in [0.25, 0.3) is 0 Å². The third-order valence-electron chi connectivity index (χ3n) is 6.87. The topological polar surface area (TPSA) is 102 Å². The molecular formula is C34H34BrN7O2. The Morgan fingerprint density at radius 1 is 0.795 bits per heavy atom. The zero-order valence-corrected chi connectivity index (χ0v) is 26.2. The summed E-state index contributed by atoms with van der Waals surface area (Å²) in [7, 11) is 2.03. The highest BCUT2D eigenvalue weighted by atomic mass is 79.9. The number of benzene rings is 4. The first-order valence-electron chi connectivity index (χ1n) is 14.0. The molecule has 0 radical (unpaired) electrons. The van der Waals surface area contributed by atoms with Gasteiger partial charge in [-0.25, -0.2) is 9.13 Å². The van der Waals surface area contributed by atoms with Gasteiger partial charge in [0.05, 0.1) is 31.2 Å². The number of aromatic nitrogens is 2. The van der Waals surface area contributed by atoms with Crippen molar-refractivity contribution in [3.05, 3.63) is 132 Å². The molecule has 10 heteroatoms. The number of nitrogens with zero attached hydrogens (tertiary/aromatic N) is 7. The number of hydrogen-bond donors (Lipinski definition) is 2. The van der Waals surface area contributed by atoms with Crippen molar-refractivity contribution in [2.75, 3.05) is 18.0 Å². The molecule has 5 aromatic rings. The standard InChI is InChI=1S/C34H33N7O2.BrH/c1-3-41(23-22-40-21-20-39(2)25-40)31-14-12-30(13-15-31)37-36-29-10-4-26(5-11-29)24-35-38-34(27-6-16-32(42)17-7-27)28-8-18-33(43)19-9-28;/h4-21,24-25H,3,22-23H2,1-2H3,(H-,37,38,42,43);1H. The molecule has 0 spiro atoms. The number of anilines is 1. The number of likely N-dealkylation sites (N-methyl/N-ethyl adjacent to an activating group) is 1. The molecule has 0 amide bonds. The van der Waals surface area contributed by atoms with E-state index in [1.807, 2.05) is 54.2 Å². The summed E-state index contributed by atoms with van der Waals surface area (Å²) in [6.07, 6.45) is 7.87. The van der Waals surface area contributed by atoms with Crippen molar-refractivity contribution in [3.63, 3.8) is 0 Å². The van der Waals surface area contributed by atoms with E-state index in [0.717, 1.165) is 53.4 Å². The normalized spacial score (nSPS) is 11.0.